The Morgan fingerprint density at radius 1 is 1.18 bits per heavy atom. The third-order valence-electron chi connectivity index (χ3n) is 2.68. The van der Waals surface area contributed by atoms with Gasteiger partial charge in [0, 0.05) is 32.7 Å². The van der Waals surface area contributed by atoms with Gasteiger partial charge in [-0.2, -0.15) is 4.31 Å². The molecule has 17 heavy (non-hydrogen) atoms. The molecule has 1 aliphatic rings. The summed E-state index contributed by atoms with van der Waals surface area (Å²) in [6, 6.07) is 0. The van der Waals surface area contributed by atoms with Crippen LogP contribution in [0.4, 0.5) is 0 Å². The van der Waals surface area contributed by atoms with Gasteiger partial charge in [-0.3, -0.25) is 4.90 Å². The van der Waals surface area contributed by atoms with E-state index in [0.717, 1.165) is 0 Å². The van der Waals surface area contributed by atoms with Crippen LogP contribution in [-0.4, -0.2) is 78.5 Å². The molecule has 0 atom stereocenters. The van der Waals surface area contributed by atoms with Crippen LogP contribution in [0.2, 0.25) is 0 Å². The zero-order valence-electron chi connectivity index (χ0n) is 10.5. The van der Waals surface area contributed by atoms with E-state index in [1.807, 2.05) is 4.90 Å². The summed E-state index contributed by atoms with van der Waals surface area (Å²) in [6.07, 6.45) is 0. The largest absolute Gasteiger partial charge is 0.395 e. The maximum atomic E-state index is 11.7. The minimum atomic E-state index is -3.31. The molecule has 0 aliphatic carbocycles. The maximum Gasteiger partial charge on any atom is 0.216 e. The lowest BCUT2D eigenvalue weighted by molar-refractivity contribution is 0.0263. The third kappa shape index (κ3) is 4.89. The summed E-state index contributed by atoms with van der Waals surface area (Å²) in [7, 11) is -3.31. The van der Waals surface area contributed by atoms with Gasteiger partial charge < -0.3 is 10.2 Å². The topological polar surface area (TPSA) is 81.1 Å². The van der Waals surface area contributed by atoms with Crippen LogP contribution >= 0.6 is 0 Å². The molecule has 2 N–H and O–H groups in total. The minimum absolute atomic E-state index is 0.210. The summed E-state index contributed by atoms with van der Waals surface area (Å²) in [6.45, 7) is 5.77. The summed E-state index contributed by atoms with van der Waals surface area (Å²) >= 11 is 0. The van der Waals surface area contributed by atoms with Crippen molar-refractivity contribution in [2.24, 2.45) is 0 Å². The fourth-order valence-electron chi connectivity index (χ4n) is 1.96. The second kappa shape index (κ2) is 5.62. The van der Waals surface area contributed by atoms with Crippen LogP contribution in [0, 0.1) is 0 Å². The molecule has 1 heterocycles. The quantitative estimate of drug-likeness (QED) is 0.646. The normalized spacial score (nSPS) is 20.7. The Hall–Kier alpha value is -0.210. The van der Waals surface area contributed by atoms with Gasteiger partial charge in [0.1, 0.15) is 0 Å². The van der Waals surface area contributed by atoms with E-state index in [1.54, 1.807) is 13.8 Å². The van der Waals surface area contributed by atoms with Crippen molar-refractivity contribution in [3.05, 3.63) is 0 Å². The van der Waals surface area contributed by atoms with Gasteiger partial charge in [-0.25, -0.2) is 8.42 Å². The minimum Gasteiger partial charge on any atom is -0.395 e. The maximum absolute atomic E-state index is 11.7. The molecule has 0 aromatic rings. The molecule has 1 aliphatic heterocycles. The van der Waals surface area contributed by atoms with Crippen LogP contribution in [-0.2, 0) is 10.0 Å². The number of hydrogen-bond acceptors (Lipinski definition) is 5. The predicted octanol–water partition coefficient (Wildman–Crippen LogP) is -1.30. The summed E-state index contributed by atoms with van der Waals surface area (Å²) in [5.74, 6) is -0.210. The molecule has 0 amide bonds. The van der Waals surface area contributed by atoms with E-state index >= 15 is 0 Å². The molecule has 1 fully saturated rings. The molecular formula is C10H22N2O4S. The highest BCUT2D eigenvalue weighted by atomic mass is 32.2. The van der Waals surface area contributed by atoms with Crippen molar-refractivity contribution < 1.29 is 18.6 Å². The summed E-state index contributed by atoms with van der Waals surface area (Å²) in [5.41, 5.74) is -0.758. The smallest absolute Gasteiger partial charge is 0.216 e. The van der Waals surface area contributed by atoms with E-state index in [2.05, 4.69) is 0 Å². The first-order valence-corrected chi connectivity index (χ1v) is 7.39. The van der Waals surface area contributed by atoms with Crippen LogP contribution in [0.3, 0.4) is 0 Å². The first-order chi connectivity index (χ1) is 7.74. The number of β-amino-alcohol motifs (C(OH)–C–C–N with tert-alkyl or cyclic N) is 1. The summed E-state index contributed by atoms with van der Waals surface area (Å²) < 4.78 is 24.8. The molecule has 0 aromatic heterocycles. The van der Waals surface area contributed by atoms with Crippen molar-refractivity contribution in [1.82, 2.24) is 9.21 Å². The second-order valence-electron chi connectivity index (χ2n) is 5.03. The van der Waals surface area contributed by atoms with Crippen molar-refractivity contribution >= 4 is 10.0 Å². The molecule has 6 nitrogen and oxygen atoms in total. The first kappa shape index (κ1) is 14.8. The van der Waals surface area contributed by atoms with E-state index in [-0.39, 0.29) is 12.4 Å². The molecule has 0 bridgehead atoms. The molecule has 0 unspecified atom stereocenters. The fourth-order valence-corrected chi connectivity index (χ4v) is 3.17. The van der Waals surface area contributed by atoms with Crippen molar-refractivity contribution in [3.8, 4) is 0 Å². The van der Waals surface area contributed by atoms with E-state index in [9.17, 15) is 13.5 Å². The van der Waals surface area contributed by atoms with Crippen LogP contribution in [0.5, 0.6) is 0 Å². The molecule has 0 spiro atoms. The lowest BCUT2D eigenvalue weighted by atomic mass is 10.1. The van der Waals surface area contributed by atoms with E-state index < -0.39 is 15.6 Å². The average Bonchev–Trinajstić information content (AvgIpc) is 2.15. The third-order valence-corrected chi connectivity index (χ3v) is 4.53. The summed E-state index contributed by atoms with van der Waals surface area (Å²) in [4.78, 5) is 2.05. The molecule has 0 saturated carbocycles. The fraction of sp³-hybridized carbons (Fsp3) is 1.00. The Bertz CT molecular complexity index is 329. The van der Waals surface area contributed by atoms with Gasteiger partial charge in [-0.05, 0) is 13.8 Å². The number of sulfonamides is 1. The van der Waals surface area contributed by atoms with Crippen LogP contribution in [0.15, 0.2) is 0 Å². The van der Waals surface area contributed by atoms with Gasteiger partial charge in [0.15, 0.2) is 0 Å². The second-order valence-corrected chi connectivity index (χ2v) is 7.12. The Morgan fingerprint density at radius 3 is 2.12 bits per heavy atom. The van der Waals surface area contributed by atoms with Crippen molar-refractivity contribution in [2.75, 3.05) is 45.1 Å². The number of aliphatic hydroxyl groups excluding tert-OH is 1. The Labute approximate surface area is 103 Å². The van der Waals surface area contributed by atoms with E-state index in [0.29, 0.717) is 32.7 Å². The Kier molecular flexibility index (Phi) is 4.91. The predicted molar refractivity (Wildman–Crippen MR) is 65.2 cm³/mol. The molecular weight excluding hydrogens is 244 g/mol. The molecule has 1 saturated heterocycles. The van der Waals surface area contributed by atoms with Crippen molar-refractivity contribution in [1.29, 1.82) is 0 Å². The van der Waals surface area contributed by atoms with Crippen LogP contribution in [0.25, 0.3) is 0 Å². The molecule has 7 heteroatoms. The number of piperazine rings is 1. The molecule has 1 rings (SSSR count). The van der Waals surface area contributed by atoms with Gasteiger partial charge in [-0.1, -0.05) is 0 Å². The number of rotatable bonds is 5. The van der Waals surface area contributed by atoms with Gasteiger partial charge in [0.2, 0.25) is 10.0 Å². The van der Waals surface area contributed by atoms with Gasteiger partial charge in [0.05, 0.1) is 18.0 Å². The van der Waals surface area contributed by atoms with Crippen LogP contribution < -0.4 is 0 Å². The van der Waals surface area contributed by atoms with E-state index in [4.69, 9.17) is 5.11 Å². The molecule has 0 radical (unpaired) electrons. The Morgan fingerprint density at radius 2 is 1.71 bits per heavy atom. The van der Waals surface area contributed by atoms with E-state index in [1.165, 1.54) is 4.31 Å². The molecule has 102 valence electrons. The highest BCUT2D eigenvalue weighted by Gasteiger charge is 2.28. The standard InChI is InChI=1S/C10H22N2O4S/c1-10(2,14)9-11-3-5-12(6-4-11)17(15,16)8-7-13/h13-14H,3-9H2,1-2H3. The first-order valence-electron chi connectivity index (χ1n) is 5.78. The monoisotopic (exact) mass is 266 g/mol. The lowest BCUT2D eigenvalue weighted by Crippen LogP contribution is -2.52. The average molecular weight is 266 g/mol. The SMILES string of the molecule is CC(C)(O)CN1CCN(S(=O)(=O)CCO)CC1. The summed E-state index contributed by atoms with van der Waals surface area (Å²) in [5, 5.41) is 18.4. The van der Waals surface area contributed by atoms with Gasteiger partial charge in [-0.15, -0.1) is 0 Å². The number of hydrogen-bond donors (Lipinski definition) is 2. The van der Waals surface area contributed by atoms with Gasteiger partial charge >= 0.3 is 0 Å². The highest BCUT2D eigenvalue weighted by Crippen LogP contribution is 2.11. The Balaban J connectivity index is 2.46. The number of aliphatic hydroxyl groups is 2. The lowest BCUT2D eigenvalue weighted by Gasteiger charge is -2.36. The number of nitrogens with zero attached hydrogens (tertiary/aromatic N) is 2. The highest BCUT2D eigenvalue weighted by molar-refractivity contribution is 7.89. The van der Waals surface area contributed by atoms with Crippen molar-refractivity contribution in [2.45, 2.75) is 19.4 Å². The van der Waals surface area contributed by atoms with Gasteiger partial charge in [0.25, 0.3) is 0 Å². The zero-order chi connectivity index (χ0) is 13.1. The zero-order valence-corrected chi connectivity index (χ0v) is 11.3. The van der Waals surface area contributed by atoms with Crippen LogP contribution in [0.1, 0.15) is 13.8 Å². The molecule has 0 aromatic carbocycles. The van der Waals surface area contributed by atoms with Crippen molar-refractivity contribution in [3.63, 3.8) is 0 Å².